The highest BCUT2D eigenvalue weighted by molar-refractivity contribution is 9.10. The zero-order valence-electron chi connectivity index (χ0n) is 8.00. The van der Waals surface area contributed by atoms with Gasteiger partial charge in [-0.05, 0) is 34.5 Å². The lowest BCUT2D eigenvalue weighted by Crippen LogP contribution is -2.19. The number of hydrogen-bond donors (Lipinski definition) is 1. The number of hydrogen-bond acceptors (Lipinski definition) is 3. The van der Waals surface area contributed by atoms with Gasteiger partial charge in [0.05, 0.1) is 10.8 Å². The van der Waals surface area contributed by atoms with Gasteiger partial charge in [-0.3, -0.25) is 4.79 Å². The van der Waals surface area contributed by atoms with Gasteiger partial charge < -0.3 is 5.32 Å². The van der Waals surface area contributed by atoms with Crippen molar-refractivity contribution in [1.29, 1.82) is 0 Å². The Hall–Kier alpha value is -0.550. The molecule has 5 heteroatoms. The first-order valence-electron chi connectivity index (χ1n) is 4.09. The standard InChI is InChI=1S/C9H11BrN2OS/c1-6-3-7(10)4-12-9(6)14-5-8(13)11-2/h3-4H,5H2,1-2H3,(H,11,13). The lowest BCUT2D eigenvalue weighted by Gasteiger charge is -2.03. The third kappa shape index (κ3) is 3.31. The van der Waals surface area contributed by atoms with E-state index in [0.717, 1.165) is 15.1 Å². The maximum atomic E-state index is 11.0. The number of pyridine rings is 1. The van der Waals surface area contributed by atoms with Crippen LogP contribution in [0.25, 0.3) is 0 Å². The molecule has 14 heavy (non-hydrogen) atoms. The van der Waals surface area contributed by atoms with Crippen LogP contribution in [0.15, 0.2) is 21.8 Å². The van der Waals surface area contributed by atoms with Crippen LogP contribution in [0.5, 0.6) is 0 Å². The molecule has 1 heterocycles. The Morgan fingerprint density at radius 3 is 3.00 bits per heavy atom. The van der Waals surface area contributed by atoms with Crippen LogP contribution in [0, 0.1) is 6.92 Å². The molecule has 1 rings (SSSR count). The van der Waals surface area contributed by atoms with Crippen molar-refractivity contribution in [2.45, 2.75) is 11.9 Å². The molecule has 0 atom stereocenters. The van der Waals surface area contributed by atoms with Crippen LogP contribution in [0.2, 0.25) is 0 Å². The fourth-order valence-electron chi connectivity index (χ4n) is 0.885. The summed E-state index contributed by atoms with van der Waals surface area (Å²) in [4.78, 5) is 15.2. The number of amides is 1. The topological polar surface area (TPSA) is 42.0 Å². The number of carbonyl (C=O) groups is 1. The molecule has 0 aliphatic heterocycles. The normalized spacial score (nSPS) is 9.93. The summed E-state index contributed by atoms with van der Waals surface area (Å²) >= 11 is 4.78. The second kappa shape index (κ2) is 5.36. The molecular weight excluding hydrogens is 264 g/mol. The van der Waals surface area contributed by atoms with Crippen molar-refractivity contribution in [2.24, 2.45) is 0 Å². The number of halogens is 1. The van der Waals surface area contributed by atoms with Crippen molar-refractivity contribution in [3.8, 4) is 0 Å². The average Bonchev–Trinajstić information content (AvgIpc) is 2.16. The molecular formula is C9H11BrN2OS. The fourth-order valence-corrected chi connectivity index (χ4v) is 2.16. The van der Waals surface area contributed by atoms with Gasteiger partial charge in [-0.25, -0.2) is 4.98 Å². The molecule has 0 bridgehead atoms. The van der Waals surface area contributed by atoms with Gasteiger partial charge in [-0.15, -0.1) is 0 Å². The summed E-state index contributed by atoms with van der Waals surface area (Å²) in [6.07, 6.45) is 1.74. The highest BCUT2D eigenvalue weighted by atomic mass is 79.9. The van der Waals surface area contributed by atoms with E-state index < -0.39 is 0 Å². The third-order valence-corrected chi connectivity index (χ3v) is 3.16. The number of carbonyl (C=O) groups excluding carboxylic acids is 1. The minimum Gasteiger partial charge on any atom is -0.358 e. The summed E-state index contributed by atoms with van der Waals surface area (Å²) in [5.41, 5.74) is 1.08. The summed E-state index contributed by atoms with van der Waals surface area (Å²) in [5.74, 6) is 0.422. The lowest BCUT2D eigenvalue weighted by molar-refractivity contribution is -0.118. The van der Waals surface area contributed by atoms with Crippen LogP contribution in [-0.4, -0.2) is 23.7 Å². The SMILES string of the molecule is CNC(=O)CSc1ncc(Br)cc1C. The molecule has 1 aromatic rings. The van der Waals surface area contributed by atoms with Crippen molar-refractivity contribution in [2.75, 3.05) is 12.8 Å². The van der Waals surface area contributed by atoms with Gasteiger partial charge in [-0.1, -0.05) is 11.8 Å². The molecule has 0 aliphatic rings. The van der Waals surface area contributed by atoms with Crippen LogP contribution in [0.3, 0.4) is 0 Å². The first-order chi connectivity index (χ1) is 6.63. The Morgan fingerprint density at radius 2 is 2.43 bits per heavy atom. The molecule has 0 spiro atoms. The minimum atomic E-state index is 0.0131. The quantitative estimate of drug-likeness (QED) is 0.858. The molecule has 1 amide bonds. The number of nitrogens with zero attached hydrogens (tertiary/aromatic N) is 1. The van der Waals surface area contributed by atoms with E-state index in [1.807, 2.05) is 13.0 Å². The Morgan fingerprint density at radius 1 is 1.71 bits per heavy atom. The number of nitrogens with one attached hydrogen (secondary N) is 1. The van der Waals surface area contributed by atoms with E-state index in [0.29, 0.717) is 5.75 Å². The minimum absolute atomic E-state index is 0.0131. The Balaban J connectivity index is 2.63. The van der Waals surface area contributed by atoms with Gasteiger partial charge >= 0.3 is 0 Å². The van der Waals surface area contributed by atoms with E-state index in [1.165, 1.54) is 11.8 Å². The van der Waals surface area contributed by atoms with Crippen molar-refractivity contribution in [1.82, 2.24) is 10.3 Å². The summed E-state index contributed by atoms with van der Waals surface area (Å²) in [5, 5.41) is 3.47. The van der Waals surface area contributed by atoms with Crippen molar-refractivity contribution in [3.05, 3.63) is 22.3 Å². The molecule has 1 N–H and O–H groups in total. The highest BCUT2D eigenvalue weighted by Crippen LogP contribution is 2.21. The smallest absolute Gasteiger partial charge is 0.230 e. The summed E-state index contributed by atoms with van der Waals surface area (Å²) in [6.45, 7) is 1.98. The third-order valence-electron chi connectivity index (χ3n) is 1.62. The van der Waals surface area contributed by atoms with Crippen LogP contribution in [-0.2, 0) is 4.79 Å². The predicted molar refractivity (Wildman–Crippen MR) is 61.5 cm³/mol. The fraction of sp³-hybridized carbons (Fsp3) is 0.333. The average molecular weight is 275 g/mol. The maximum absolute atomic E-state index is 11.0. The van der Waals surface area contributed by atoms with Gasteiger partial charge in [0.1, 0.15) is 0 Å². The van der Waals surface area contributed by atoms with E-state index in [1.54, 1.807) is 13.2 Å². The van der Waals surface area contributed by atoms with Crippen LogP contribution in [0.4, 0.5) is 0 Å². The molecule has 3 nitrogen and oxygen atoms in total. The van der Waals surface area contributed by atoms with Crippen molar-refractivity contribution < 1.29 is 4.79 Å². The first-order valence-corrected chi connectivity index (χ1v) is 5.87. The lowest BCUT2D eigenvalue weighted by atomic mass is 10.3. The maximum Gasteiger partial charge on any atom is 0.230 e. The molecule has 0 aromatic carbocycles. The highest BCUT2D eigenvalue weighted by Gasteiger charge is 2.04. The van der Waals surface area contributed by atoms with Gasteiger partial charge in [0.2, 0.25) is 5.91 Å². The molecule has 1 aromatic heterocycles. The molecule has 0 saturated heterocycles. The Bertz CT molecular complexity index is 344. The van der Waals surface area contributed by atoms with E-state index in [2.05, 4.69) is 26.2 Å². The Kier molecular flexibility index (Phi) is 4.41. The number of thioether (sulfide) groups is 1. The monoisotopic (exact) mass is 274 g/mol. The van der Waals surface area contributed by atoms with Gasteiger partial charge in [0.15, 0.2) is 0 Å². The van der Waals surface area contributed by atoms with E-state index in [-0.39, 0.29) is 5.91 Å². The van der Waals surface area contributed by atoms with Gasteiger partial charge in [0.25, 0.3) is 0 Å². The van der Waals surface area contributed by atoms with Gasteiger partial charge in [0, 0.05) is 17.7 Å². The number of aryl methyl sites for hydroxylation is 1. The number of rotatable bonds is 3. The van der Waals surface area contributed by atoms with Crippen LogP contribution >= 0.6 is 27.7 Å². The van der Waals surface area contributed by atoms with E-state index in [9.17, 15) is 4.79 Å². The zero-order chi connectivity index (χ0) is 10.6. The van der Waals surface area contributed by atoms with Crippen LogP contribution < -0.4 is 5.32 Å². The van der Waals surface area contributed by atoms with Crippen molar-refractivity contribution >= 4 is 33.6 Å². The van der Waals surface area contributed by atoms with Gasteiger partial charge in [-0.2, -0.15) is 0 Å². The summed E-state index contributed by atoms with van der Waals surface area (Å²) < 4.78 is 0.958. The van der Waals surface area contributed by atoms with Crippen LogP contribution in [0.1, 0.15) is 5.56 Å². The first kappa shape index (κ1) is 11.5. The van der Waals surface area contributed by atoms with Crippen molar-refractivity contribution in [3.63, 3.8) is 0 Å². The van der Waals surface area contributed by atoms with E-state index >= 15 is 0 Å². The molecule has 0 aliphatic carbocycles. The summed E-state index contributed by atoms with van der Waals surface area (Å²) in [7, 11) is 1.63. The predicted octanol–water partition coefficient (Wildman–Crippen LogP) is 1.99. The molecule has 0 radical (unpaired) electrons. The zero-order valence-corrected chi connectivity index (χ0v) is 10.4. The second-order valence-corrected chi connectivity index (χ2v) is 4.62. The summed E-state index contributed by atoms with van der Waals surface area (Å²) in [6, 6.07) is 1.99. The molecule has 0 saturated carbocycles. The second-order valence-electron chi connectivity index (χ2n) is 2.74. The van der Waals surface area contributed by atoms with E-state index in [4.69, 9.17) is 0 Å². The largest absolute Gasteiger partial charge is 0.358 e. The molecule has 0 fully saturated rings. The Labute approximate surface area is 95.8 Å². The molecule has 0 unspecified atom stereocenters. The number of aromatic nitrogens is 1. The molecule has 76 valence electrons.